The maximum Gasteiger partial charge on any atom is 0.263 e. The van der Waals surface area contributed by atoms with Crippen molar-refractivity contribution in [3.8, 4) is 11.5 Å². The van der Waals surface area contributed by atoms with Crippen molar-refractivity contribution in [3.63, 3.8) is 0 Å². The molecule has 0 N–H and O–H groups in total. The van der Waals surface area contributed by atoms with Crippen LogP contribution >= 0.6 is 11.3 Å². The van der Waals surface area contributed by atoms with Gasteiger partial charge in [-0.1, -0.05) is 53.8 Å². The third-order valence-corrected chi connectivity index (χ3v) is 5.68. The maximum atomic E-state index is 13.6. The molecule has 0 atom stereocenters. The molecular weight excluding hydrogens is 394 g/mol. The highest BCUT2D eigenvalue weighted by molar-refractivity contribution is 7.22. The lowest BCUT2D eigenvalue weighted by Gasteiger charge is -2.23. The number of likely N-dealkylation sites (N-methyl/N-ethyl adjacent to an activating group) is 1. The standard InChI is InChI=1S/C24H23N3O2S/c1-26(2)16-17-27(24-25-20-13-7-9-15-22(20)30-24)23(28)19-12-6-8-14-21(19)29-18-10-4-3-5-11-18/h3-15H,16-17H2,1-2H3. The van der Waals surface area contributed by atoms with Crippen LogP contribution in [0.4, 0.5) is 5.13 Å². The number of anilines is 1. The highest BCUT2D eigenvalue weighted by Crippen LogP contribution is 2.32. The first-order valence-corrected chi connectivity index (χ1v) is 10.6. The molecule has 6 heteroatoms. The van der Waals surface area contributed by atoms with Gasteiger partial charge in [0, 0.05) is 13.1 Å². The molecule has 0 aliphatic heterocycles. The van der Waals surface area contributed by atoms with E-state index >= 15 is 0 Å². The number of ether oxygens (including phenoxy) is 1. The minimum atomic E-state index is -0.123. The lowest BCUT2D eigenvalue weighted by atomic mass is 10.1. The zero-order chi connectivity index (χ0) is 20.9. The van der Waals surface area contributed by atoms with Crippen LogP contribution in [0.3, 0.4) is 0 Å². The van der Waals surface area contributed by atoms with E-state index in [-0.39, 0.29) is 5.91 Å². The molecule has 152 valence electrons. The number of thiazole rings is 1. The van der Waals surface area contributed by atoms with Gasteiger partial charge < -0.3 is 9.64 Å². The van der Waals surface area contributed by atoms with E-state index in [0.29, 0.717) is 28.7 Å². The molecule has 0 spiro atoms. The molecule has 1 heterocycles. The molecule has 30 heavy (non-hydrogen) atoms. The Hall–Kier alpha value is -3.22. The quantitative estimate of drug-likeness (QED) is 0.409. The third kappa shape index (κ3) is 4.50. The summed E-state index contributed by atoms with van der Waals surface area (Å²) >= 11 is 1.52. The van der Waals surface area contributed by atoms with Crippen LogP contribution in [0.2, 0.25) is 0 Å². The van der Waals surface area contributed by atoms with Crippen LogP contribution in [0.5, 0.6) is 11.5 Å². The summed E-state index contributed by atoms with van der Waals surface area (Å²) in [6, 6.07) is 24.8. The van der Waals surface area contributed by atoms with Gasteiger partial charge in [-0.15, -0.1) is 0 Å². The second-order valence-corrected chi connectivity index (χ2v) is 8.14. The summed E-state index contributed by atoms with van der Waals surface area (Å²) in [6.07, 6.45) is 0. The molecule has 3 aromatic carbocycles. The monoisotopic (exact) mass is 417 g/mol. The largest absolute Gasteiger partial charge is 0.457 e. The molecule has 4 aromatic rings. The van der Waals surface area contributed by atoms with Gasteiger partial charge in [0.15, 0.2) is 5.13 Å². The number of aromatic nitrogens is 1. The summed E-state index contributed by atoms with van der Waals surface area (Å²) in [5.74, 6) is 1.10. The first kappa shape index (κ1) is 20.1. The Morgan fingerprint density at radius 3 is 2.37 bits per heavy atom. The van der Waals surface area contributed by atoms with Crippen LogP contribution in [0.25, 0.3) is 10.2 Å². The number of hydrogen-bond donors (Lipinski definition) is 0. The molecule has 0 radical (unpaired) electrons. The van der Waals surface area contributed by atoms with E-state index in [2.05, 4.69) is 4.90 Å². The first-order valence-electron chi connectivity index (χ1n) is 9.76. The topological polar surface area (TPSA) is 45.7 Å². The van der Waals surface area contributed by atoms with Crippen LogP contribution in [-0.2, 0) is 0 Å². The highest BCUT2D eigenvalue weighted by atomic mass is 32.1. The second-order valence-electron chi connectivity index (χ2n) is 7.14. The molecule has 0 aliphatic rings. The van der Waals surface area contributed by atoms with Crippen LogP contribution in [0.1, 0.15) is 10.4 Å². The Labute approximate surface area is 180 Å². The second kappa shape index (κ2) is 9.07. The van der Waals surface area contributed by atoms with E-state index in [1.54, 1.807) is 11.0 Å². The van der Waals surface area contributed by atoms with Gasteiger partial charge in [0.25, 0.3) is 5.91 Å². The van der Waals surface area contributed by atoms with Gasteiger partial charge in [0.1, 0.15) is 11.5 Å². The molecule has 5 nitrogen and oxygen atoms in total. The van der Waals surface area contributed by atoms with E-state index in [0.717, 1.165) is 16.8 Å². The maximum absolute atomic E-state index is 13.6. The number of hydrogen-bond acceptors (Lipinski definition) is 5. The van der Waals surface area contributed by atoms with Gasteiger partial charge in [0.05, 0.1) is 15.8 Å². The highest BCUT2D eigenvalue weighted by Gasteiger charge is 2.24. The molecule has 0 saturated carbocycles. The molecule has 1 aromatic heterocycles. The Morgan fingerprint density at radius 2 is 1.60 bits per heavy atom. The van der Waals surface area contributed by atoms with E-state index in [1.807, 2.05) is 86.9 Å². The Morgan fingerprint density at radius 1 is 0.900 bits per heavy atom. The van der Waals surface area contributed by atoms with Gasteiger partial charge in [-0.05, 0) is 50.5 Å². The van der Waals surface area contributed by atoms with Crippen molar-refractivity contribution in [2.24, 2.45) is 0 Å². The molecular formula is C24H23N3O2S. The van der Waals surface area contributed by atoms with Gasteiger partial charge in [-0.25, -0.2) is 4.98 Å². The van der Waals surface area contributed by atoms with Gasteiger partial charge in [-0.2, -0.15) is 0 Å². The smallest absolute Gasteiger partial charge is 0.263 e. The Balaban J connectivity index is 1.70. The zero-order valence-electron chi connectivity index (χ0n) is 17.0. The molecule has 0 bridgehead atoms. The van der Waals surface area contributed by atoms with E-state index in [1.165, 1.54) is 11.3 Å². The predicted octanol–water partition coefficient (Wildman–Crippen LogP) is 5.30. The van der Waals surface area contributed by atoms with Crippen molar-refractivity contribution in [2.75, 3.05) is 32.1 Å². The summed E-state index contributed by atoms with van der Waals surface area (Å²) < 4.78 is 7.09. The number of fused-ring (bicyclic) bond motifs is 1. The fourth-order valence-corrected chi connectivity index (χ4v) is 4.04. The fourth-order valence-electron chi connectivity index (χ4n) is 3.05. The third-order valence-electron chi connectivity index (χ3n) is 4.62. The fraction of sp³-hybridized carbons (Fsp3) is 0.167. The normalized spacial score (nSPS) is 11.0. The van der Waals surface area contributed by atoms with Crippen LogP contribution in [0, 0.1) is 0 Å². The van der Waals surface area contributed by atoms with E-state index < -0.39 is 0 Å². The van der Waals surface area contributed by atoms with Crippen LogP contribution < -0.4 is 9.64 Å². The summed E-state index contributed by atoms with van der Waals surface area (Å²) in [5.41, 5.74) is 1.41. The van der Waals surface area contributed by atoms with Crippen LogP contribution in [-0.4, -0.2) is 43.0 Å². The minimum Gasteiger partial charge on any atom is -0.457 e. The van der Waals surface area contributed by atoms with Crippen molar-refractivity contribution < 1.29 is 9.53 Å². The number of amides is 1. The minimum absolute atomic E-state index is 0.123. The number of carbonyl (C=O) groups excluding carboxylic acids is 1. The Kier molecular flexibility index (Phi) is 6.07. The molecule has 0 unspecified atom stereocenters. The van der Waals surface area contributed by atoms with Crippen molar-refractivity contribution in [3.05, 3.63) is 84.4 Å². The van der Waals surface area contributed by atoms with Crippen molar-refractivity contribution in [2.45, 2.75) is 0 Å². The lowest BCUT2D eigenvalue weighted by Crippen LogP contribution is -2.36. The molecule has 1 amide bonds. The summed E-state index contributed by atoms with van der Waals surface area (Å²) in [5, 5.41) is 0.692. The van der Waals surface area contributed by atoms with E-state index in [4.69, 9.17) is 9.72 Å². The average Bonchev–Trinajstić information content (AvgIpc) is 3.18. The summed E-state index contributed by atoms with van der Waals surface area (Å²) in [4.78, 5) is 22.2. The first-order chi connectivity index (χ1) is 14.6. The van der Waals surface area contributed by atoms with E-state index in [9.17, 15) is 4.79 Å². The van der Waals surface area contributed by atoms with Gasteiger partial charge >= 0.3 is 0 Å². The zero-order valence-corrected chi connectivity index (χ0v) is 17.8. The summed E-state index contributed by atoms with van der Waals surface area (Å²) in [6.45, 7) is 1.26. The lowest BCUT2D eigenvalue weighted by molar-refractivity contribution is 0.0983. The molecule has 4 rings (SSSR count). The molecule has 0 fully saturated rings. The SMILES string of the molecule is CN(C)CCN(C(=O)c1ccccc1Oc1ccccc1)c1nc2ccccc2s1. The van der Waals surface area contributed by atoms with Crippen LogP contribution in [0.15, 0.2) is 78.9 Å². The number of benzene rings is 3. The van der Waals surface area contributed by atoms with Crippen molar-refractivity contribution >= 4 is 32.6 Å². The van der Waals surface area contributed by atoms with Crippen molar-refractivity contribution in [1.82, 2.24) is 9.88 Å². The average molecular weight is 418 g/mol. The Bertz CT molecular complexity index is 1110. The van der Waals surface area contributed by atoms with Gasteiger partial charge in [-0.3, -0.25) is 9.69 Å². The number of para-hydroxylation sites is 3. The van der Waals surface area contributed by atoms with Crippen molar-refractivity contribution in [1.29, 1.82) is 0 Å². The summed E-state index contributed by atoms with van der Waals surface area (Å²) in [7, 11) is 3.99. The molecule has 0 aliphatic carbocycles. The van der Waals surface area contributed by atoms with Gasteiger partial charge in [0.2, 0.25) is 0 Å². The predicted molar refractivity (Wildman–Crippen MR) is 123 cm³/mol. The number of nitrogens with zero attached hydrogens (tertiary/aromatic N) is 3. The number of rotatable bonds is 7. The number of carbonyl (C=O) groups is 1. The molecule has 0 saturated heterocycles.